The lowest BCUT2D eigenvalue weighted by Gasteiger charge is -2.51. The molecule has 0 aromatic rings. The van der Waals surface area contributed by atoms with E-state index in [4.69, 9.17) is 9.57 Å². The lowest BCUT2D eigenvalue weighted by atomic mass is 9.82. The van der Waals surface area contributed by atoms with Crippen molar-refractivity contribution >= 4 is 5.97 Å². The molecule has 0 N–H and O–H groups in total. The summed E-state index contributed by atoms with van der Waals surface area (Å²) in [4.78, 5) is 17.1. The van der Waals surface area contributed by atoms with E-state index in [0.29, 0.717) is 12.2 Å². The first kappa shape index (κ1) is 16.2. The quantitative estimate of drug-likeness (QED) is 0.437. The molecule has 1 aliphatic rings. The molecular weight excluding hydrogens is 242 g/mol. The van der Waals surface area contributed by atoms with E-state index in [2.05, 4.69) is 39.3 Å². The molecule has 0 spiro atoms. The van der Waals surface area contributed by atoms with Crippen molar-refractivity contribution in [2.75, 3.05) is 13.2 Å². The van der Waals surface area contributed by atoms with Crippen molar-refractivity contribution in [1.29, 1.82) is 0 Å². The molecule has 19 heavy (non-hydrogen) atoms. The minimum Gasteiger partial charge on any atom is -0.460 e. The first-order chi connectivity index (χ1) is 8.67. The zero-order valence-corrected chi connectivity index (χ0v) is 12.9. The van der Waals surface area contributed by atoms with Crippen LogP contribution in [0.25, 0.3) is 0 Å². The molecule has 4 nitrogen and oxygen atoms in total. The summed E-state index contributed by atoms with van der Waals surface area (Å²) in [6.45, 7) is 14.6. The molecule has 0 aliphatic carbocycles. The normalized spacial score (nSPS) is 21.9. The van der Waals surface area contributed by atoms with Crippen LogP contribution in [0.4, 0.5) is 0 Å². The first-order valence-electron chi connectivity index (χ1n) is 6.93. The SMILES string of the molecule is C=C(C)C(=O)OCCON1C(C)(C)CCCC1(C)C. The van der Waals surface area contributed by atoms with Crippen molar-refractivity contribution in [3.05, 3.63) is 12.2 Å². The molecule has 1 heterocycles. The van der Waals surface area contributed by atoms with Gasteiger partial charge in [-0.25, -0.2) is 4.79 Å². The predicted octanol–water partition coefficient (Wildman–Crippen LogP) is 3.08. The number of piperidine rings is 1. The van der Waals surface area contributed by atoms with E-state index >= 15 is 0 Å². The summed E-state index contributed by atoms with van der Waals surface area (Å²) < 4.78 is 5.04. The van der Waals surface area contributed by atoms with Gasteiger partial charge in [0.1, 0.15) is 13.2 Å². The van der Waals surface area contributed by atoms with Crippen molar-refractivity contribution in [3.8, 4) is 0 Å². The summed E-state index contributed by atoms with van der Waals surface area (Å²) in [6, 6.07) is 0. The van der Waals surface area contributed by atoms with Crippen LogP contribution in [0, 0.1) is 0 Å². The predicted molar refractivity (Wildman–Crippen MR) is 75.6 cm³/mol. The minimum absolute atomic E-state index is 0.0140. The number of hydroxylamine groups is 2. The van der Waals surface area contributed by atoms with E-state index in [1.54, 1.807) is 6.92 Å². The van der Waals surface area contributed by atoms with Gasteiger partial charge in [-0.1, -0.05) is 6.58 Å². The topological polar surface area (TPSA) is 38.8 Å². The van der Waals surface area contributed by atoms with E-state index in [1.807, 2.05) is 0 Å². The summed E-state index contributed by atoms with van der Waals surface area (Å²) in [5.41, 5.74) is 0.443. The molecule has 0 aromatic carbocycles. The van der Waals surface area contributed by atoms with E-state index in [1.165, 1.54) is 6.42 Å². The van der Waals surface area contributed by atoms with Gasteiger partial charge >= 0.3 is 5.97 Å². The maximum Gasteiger partial charge on any atom is 0.333 e. The van der Waals surface area contributed by atoms with Gasteiger partial charge in [-0.15, -0.1) is 0 Å². The van der Waals surface area contributed by atoms with Gasteiger partial charge in [-0.2, -0.15) is 5.06 Å². The number of ether oxygens (including phenoxy) is 1. The number of hydrogen-bond donors (Lipinski definition) is 0. The van der Waals surface area contributed by atoms with Crippen LogP contribution in [0.3, 0.4) is 0 Å². The highest BCUT2D eigenvalue weighted by atomic mass is 16.7. The fraction of sp³-hybridized carbons (Fsp3) is 0.800. The molecule has 1 fully saturated rings. The van der Waals surface area contributed by atoms with Crippen LogP contribution in [-0.2, 0) is 14.4 Å². The lowest BCUT2D eigenvalue weighted by molar-refractivity contribution is -0.283. The Hall–Kier alpha value is -0.870. The van der Waals surface area contributed by atoms with Gasteiger partial charge in [0.2, 0.25) is 0 Å². The van der Waals surface area contributed by atoms with E-state index in [0.717, 1.165) is 12.8 Å². The molecule has 0 bridgehead atoms. The second-order valence-electron chi connectivity index (χ2n) is 6.52. The minimum atomic E-state index is -0.360. The molecule has 1 rings (SSSR count). The van der Waals surface area contributed by atoms with Gasteiger partial charge in [0, 0.05) is 16.7 Å². The Labute approximate surface area is 116 Å². The van der Waals surface area contributed by atoms with Crippen molar-refractivity contribution < 1.29 is 14.4 Å². The van der Waals surface area contributed by atoms with Crippen LogP contribution in [-0.4, -0.2) is 35.3 Å². The van der Waals surface area contributed by atoms with Crippen LogP contribution in [0.15, 0.2) is 12.2 Å². The molecule has 1 saturated heterocycles. The standard InChI is InChI=1S/C15H27NO3/c1-12(2)13(17)18-10-11-19-16-14(3,4)8-7-9-15(16,5)6/h1,7-11H2,2-6H3. The second kappa shape index (κ2) is 6.06. The Morgan fingerprint density at radius 3 is 2.16 bits per heavy atom. The van der Waals surface area contributed by atoms with E-state index in [9.17, 15) is 4.79 Å². The fourth-order valence-corrected chi connectivity index (χ4v) is 2.71. The molecule has 1 aliphatic heterocycles. The lowest BCUT2D eigenvalue weighted by Crippen LogP contribution is -2.58. The maximum absolute atomic E-state index is 11.3. The van der Waals surface area contributed by atoms with Gasteiger partial charge < -0.3 is 4.74 Å². The van der Waals surface area contributed by atoms with Gasteiger partial charge in [-0.3, -0.25) is 4.84 Å². The van der Waals surface area contributed by atoms with Gasteiger partial charge in [0.15, 0.2) is 0 Å². The number of esters is 1. The van der Waals surface area contributed by atoms with E-state index < -0.39 is 0 Å². The van der Waals surface area contributed by atoms with Crippen LogP contribution in [0.5, 0.6) is 0 Å². The molecule has 0 radical (unpaired) electrons. The van der Waals surface area contributed by atoms with Crippen molar-refractivity contribution in [2.45, 2.75) is 65.0 Å². The van der Waals surface area contributed by atoms with Crippen LogP contribution in [0.2, 0.25) is 0 Å². The summed E-state index contributed by atoms with van der Waals surface area (Å²) in [6.07, 6.45) is 3.44. The molecule has 4 heteroatoms. The van der Waals surface area contributed by atoms with Crippen LogP contribution in [0.1, 0.15) is 53.9 Å². The largest absolute Gasteiger partial charge is 0.460 e. The highest BCUT2D eigenvalue weighted by Crippen LogP contribution is 2.38. The molecule has 0 atom stereocenters. The average Bonchev–Trinajstić information content (AvgIpc) is 2.25. The van der Waals surface area contributed by atoms with Crippen molar-refractivity contribution in [2.24, 2.45) is 0 Å². The van der Waals surface area contributed by atoms with Crippen LogP contribution < -0.4 is 0 Å². The highest BCUT2D eigenvalue weighted by Gasteiger charge is 2.42. The van der Waals surface area contributed by atoms with Gasteiger partial charge in [-0.05, 0) is 53.9 Å². The van der Waals surface area contributed by atoms with Crippen molar-refractivity contribution in [1.82, 2.24) is 5.06 Å². The average molecular weight is 269 g/mol. The monoisotopic (exact) mass is 269 g/mol. The zero-order chi connectivity index (χ0) is 14.7. The number of carbonyl (C=O) groups excluding carboxylic acids is 1. The summed E-state index contributed by atoms with van der Waals surface area (Å²) in [5, 5.41) is 2.07. The Balaban J connectivity index is 2.45. The number of carbonyl (C=O) groups is 1. The first-order valence-corrected chi connectivity index (χ1v) is 6.93. The third kappa shape index (κ3) is 4.32. The summed E-state index contributed by atoms with van der Waals surface area (Å²) in [7, 11) is 0. The third-order valence-electron chi connectivity index (χ3n) is 3.56. The molecular formula is C15H27NO3. The third-order valence-corrected chi connectivity index (χ3v) is 3.56. The van der Waals surface area contributed by atoms with Gasteiger partial charge in [0.25, 0.3) is 0 Å². The van der Waals surface area contributed by atoms with Gasteiger partial charge in [0.05, 0.1) is 0 Å². The molecule has 0 saturated carbocycles. The Kier molecular flexibility index (Phi) is 5.16. The Morgan fingerprint density at radius 1 is 1.16 bits per heavy atom. The number of rotatable bonds is 5. The summed E-state index contributed by atoms with van der Waals surface area (Å²) in [5.74, 6) is -0.360. The molecule has 0 amide bonds. The molecule has 110 valence electrons. The smallest absolute Gasteiger partial charge is 0.333 e. The highest BCUT2D eigenvalue weighted by molar-refractivity contribution is 5.86. The second-order valence-corrected chi connectivity index (χ2v) is 6.52. The summed E-state index contributed by atoms with van der Waals surface area (Å²) >= 11 is 0. The van der Waals surface area contributed by atoms with E-state index in [-0.39, 0.29) is 23.7 Å². The van der Waals surface area contributed by atoms with Crippen molar-refractivity contribution in [3.63, 3.8) is 0 Å². The molecule has 0 unspecified atom stereocenters. The number of hydrogen-bond acceptors (Lipinski definition) is 4. The fourth-order valence-electron chi connectivity index (χ4n) is 2.71. The Bertz CT molecular complexity index is 331. The molecule has 0 aromatic heterocycles. The zero-order valence-electron chi connectivity index (χ0n) is 12.9. The maximum atomic E-state index is 11.3. The number of nitrogens with zero attached hydrogens (tertiary/aromatic N) is 1. The Morgan fingerprint density at radius 2 is 1.68 bits per heavy atom. The van der Waals surface area contributed by atoms with Crippen LogP contribution >= 0.6 is 0 Å².